The summed E-state index contributed by atoms with van der Waals surface area (Å²) in [5, 5.41) is 13.2. The molecule has 104 valence electrons. The monoisotopic (exact) mass is 284 g/mol. The lowest BCUT2D eigenvalue weighted by Gasteiger charge is -2.08. The van der Waals surface area contributed by atoms with Gasteiger partial charge in [-0.15, -0.1) is 0 Å². The van der Waals surface area contributed by atoms with E-state index in [2.05, 4.69) is 30.8 Å². The Morgan fingerprint density at radius 3 is 2.84 bits per heavy atom. The van der Waals surface area contributed by atoms with E-state index in [1.807, 2.05) is 0 Å². The largest absolute Gasteiger partial charge is 0.368 e. The van der Waals surface area contributed by atoms with E-state index in [0.717, 1.165) is 5.39 Å². The molecule has 19 heavy (non-hydrogen) atoms. The lowest BCUT2D eigenvalue weighted by molar-refractivity contribution is 0.597. The van der Waals surface area contributed by atoms with Crippen molar-refractivity contribution in [3.05, 3.63) is 6.20 Å². The van der Waals surface area contributed by atoms with Crippen molar-refractivity contribution in [1.29, 1.82) is 0 Å². The summed E-state index contributed by atoms with van der Waals surface area (Å²) in [5.41, 5.74) is 0.597. The summed E-state index contributed by atoms with van der Waals surface area (Å²) in [7, 11) is -1.28. The van der Waals surface area contributed by atoms with Crippen LogP contribution in [0.25, 0.3) is 11.0 Å². The number of nitrogens with zero attached hydrogens (tertiary/aromatic N) is 3. The summed E-state index contributed by atoms with van der Waals surface area (Å²) in [6.07, 6.45) is 1.60. The van der Waals surface area contributed by atoms with Crippen molar-refractivity contribution in [3.8, 4) is 0 Å². The van der Waals surface area contributed by atoms with Gasteiger partial charge in [-0.3, -0.25) is 5.10 Å². The van der Waals surface area contributed by atoms with E-state index in [0.29, 0.717) is 24.0 Å². The van der Waals surface area contributed by atoms with E-state index in [1.165, 1.54) is 0 Å². The molecule has 2 aromatic rings. The highest BCUT2D eigenvalue weighted by Crippen LogP contribution is 2.19. The van der Waals surface area contributed by atoms with Crippen LogP contribution in [0.5, 0.6) is 0 Å². The first-order valence-corrected chi connectivity index (χ1v) is 7.71. The average Bonchev–Trinajstić information content (AvgIpc) is 2.86. The molecule has 3 N–H and O–H groups in total. The van der Waals surface area contributed by atoms with E-state index in [1.54, 1.807) is 20.2 Å². The molecule has 0 saturated carbocycles. The molecule has 2 heterocycles. The van der Waals surface area contributed by atoms with Gasteiger partial charge in [-0.05, 0) is 0 Å². The number of aromatic nitrogens is 4. The van der Waals surface area contributed by atoms with Crippen LogP contribution >= 0.6 is 0 Å². The first-order chi connectivity index (χ1) is 9.05. The van der Waals surface area contributed by atoms with Gasteiger partial charge in [0.05, 0.1) is 17.3 Å². The second-order valence-electron chi connectivity index (χ2n) is 3.94. The Bertz CT molecular complexity index is 666. The number of hydrogen-bond donors (Lipinski definition) is 3. The summed E-state index contributed by atoms with van der Waals surface area (Å²) >= 11 is 0. The third-order valence-corrected chi connectivity index (χ3v) is 4.38. The zero-order valence-electron chi connectivity index (χ0n) is 10.8. The van der Waals surface area contributed by atoms with Gasteiger partial charge in [-0.2, -0.15) is 15.1 Å². The molecule has 8 nitrogen and oxygen atoms in total. The van der Waals surface area contributed by atoms with Crippen molar-refractivity contribution in [3.63, 3.8) is 0 Å². The van der Waals surface area contributed by atoms with Crippen molar-refractivity contribution in [2.45, 2.75) is 6.92 Å². The summed E-state index contributed by atoms with van der Waals surface area (Å²) in [5.74, 6) is 1.22. The molecule has 0 spiro atoms. The van der Waals surface area contributed by atoms with Crippen LogP contribution in [0.3, 0.4) is 0 Å². The predicted octanol–water partition coefficient (Wildman–Crippen LogP) is 0.241. The van der Waals surface area contributed by atoms with Gasteiger partial charge in [0.2, 0.25) is 5.95 Å². The lowest BCUT2D eigenvalue weighted by atomic mass is 10.4. The van der Waals surface area contributed by atoms with Crippen LogP contribution < -0.4 is 10.6 Å². The number of H-pyrrole nitrogens is 1. The minimum absolute atomic E-state index is 0.0712. The molecule has 0 radical (unpaired) electrons. The Morgan fingerprint density at radius 2 is 2.16 bits per heavy atom. The van der Waals surface area contributed by atoms with E-state index in [9.17, 15) is 8.42 Å². The Hall–Kier alpha value is -1.90. The quantitative estimate of drug-likeness (QED) is 0.696. The fourth-order valence-electron chi connectivity index (χ4n) is 1.55. The van der Waals surface area contributed by atoms with E-state index < -0.39 is 9.84 Å². The maximum Gasteiger partial charge on any atom is 0.226 e. The van der Waals surface area contributed by atoms with Crippen LogP contribution in [0.15, 0.2) is 6.20 Å². The zero-order valence-corrected chi connectivity index (χ0v) is 11.6. The fraction of sp³-hybridized carbons (Fsp3) is 0.500. The Morgan fingerprint density at radius 1 is 1.37 bits per heavy atom. The molecule has 0 unspecified atom stereocenters. The SMILES string of the molecule is CCS(=O)(=O)CCNc1nc(NC)nc2[nH]ncc12. The molecule has 0 amide bonds. The molecular weight excluding hydrogens is 268 g/mol. The standard InChI is InChI=1S/C10H16N6O2S/c1-3-19(17,18)5-4-12-8-7-6-13-16-9(7)15-10(11-2)14-8/h6H,3-5H2,1-2H3,(H3,11,12,13,14,15,16). The topological polar surface area (TPSA) is 113 Å². The number of nitrogens with one attached hydrogen (secondary N) is 3. The molecule has 2 rings (SSSR count). The first kappa shape index (κ1) is 13.5. The van der Waals surface area contributed by atoms with Crippen LogP contribution in [-0.2, 0) is 9.84 Å². The highest BCUT2D eigenvalue weighted by molar-refractivity contribution is 7.91. The van der Waals surface area contributed by atoms with E-state index in [-0.39, 0.29) is 11.5 Å². The van der Waals surface area contributed by atoms with Gasteiger partial charge < -0.3 is 10.6 Å². The lowest BCUT2D eigenvalue weighted by Crippen LogP contribution is -2.18. The van der Waals surface area contributed by atoms with Gasteiger partial charge >= 0.3 is 0 Å². The van der Waals surface area contributed by atoms with Crippen molar-refractivity contribution in [1.82, 2.24) is 20.2 Å². The van der Waals surface area contributed by atoms with E-state index >= 15 is 0 Å². The molecule has 0 aromatic carbocycles. The number of anilines is 2. The van der Waals surface area contributed by atoms with Gasteiger partial charge in [0, 0.05) is 19.3 Å². The van der Waals surface area contributed by atoms with Crippen molar-refractivity contribution < 1.29 is 8.42 Å². The van der Waals surface area contributed by atoms with E-state index in [4.69, 9.17) is 0 Å². The first-order valence-electron chi connectivity index (χ1n) is 5.89. The molecule has 9 heteroatoms. The van der Waals surface area contributed by atoms with Gasteiger partial charge in [-0.25, -0.2) is 8.42 Å². The summed E-state index contributed by atoms with van der Waals surface area (Å²) in [4.78, 5) is 8.44. The van der Waals surface area contributed by atoms with Crippen LogP contribution in [0.2, 0.25) is 0 Å². The number of hydrogen-bond acceptors (Lipinski definition) is 7. The van der Waals surface area contributed by atoms with Crippen LogP contribution in [0, 0.1) is 0 Å². The molecule has 0 saturated heterocycles. The average molecular weight is 284 g/mol. The second kappa shape index (κ2) is 5.39. The normalized spacial score (nSPS) is 11.7. The maximum absolute atomic E-state index is 11.4. The Labute approximate surface area is 110 Å². The Balaban J connectivity index is 2.17. The minimum atomic E-state index is -2.99. The third-order valence-electron chi connectivity index (χ3n) is 2.68. The molecule has 0 fully saturated rings. The zero-order chi connectivity index (χ0) is 13.9. The molecule has 0 bridgehead atoms. The molecule has 2 aromatic heterocycles. The molecule has 0 aliphatic rings. The van der Waals surface area contributed by atoms with Gasteiger partial charge in [-0.1, -0.05) is 6.92 Å². The van der Waals surface area contributed by atoms with Crippen LogP contribution in [0.1, 0.15) is 6.92 Å². The number of fused-ring (bicyclic) bond motifs is 1. The van der Waals surface area contributed by atoms with Gasteiger partial charge in [0.25, 0.3) is 0 Å². The molecule has 0 atom stereocenters. The smallest absolute Gasteiger partial charge is 0.226 e. The number of rotatable bonds is 6. The molecule has 0 aliphatic heterocycles. The van der Waals surface area contributed by atoms with Crippen molar-refractivity contribution in [2.75, 3.05) is 35.7 Å². The third kappa shape index (κ3) is 3.11. The molecule has 0 aliphatic carbocycles. The van der Waals surface area contributed by atoms with Gasteiger partial charge in [0.15, 0.2) is 15.5 Å². The summed E-state index contributed by atoms with van der Waals surface area (Å²) in [6.45, 7) is 1.93. The summed E-state index contributed by atoms with van der Waals surface area (Å²) in [6, 6.07) is 0. The van der Waals surface area contributed by atoms with Crippen LogP contribution in [0.4, 0.5) is 11.8 Å². The second-order valence-corrected chi connectivity index (χ2v) is 6.41. The predicted molar refractivity (Wildman–Crippen MR) is 74.0 cm³/mol. The maximum atomic E-state index is 11.4. The highest BCUT2D eigenvalue weighted by atomic mass is 32.2. The number of sulfone groups is 1. The number of aromatic amines is 1. The minimum Gasteiger partial charge on any atom is -0.368 e. The summed E-state index contributed by atoms with van der Waals surface area (Å²) < 4.78 is 22.8. The van der Waals surface area contributed by atoms with Crippen LogP contribution in [-0.4, -0.2) is 53.7 Å². The van der Waals surface area contributed by atoms with Crippen molar-refractivity contribution in [2.24, 2.45) is 0 Å². The fourth-order valence-corrected chi connectivity index (χ4v) is 2.25. The van der Waals surface area contributed by atoms with Crippen molar-refractivity contribution >= 4 is 32.6 Å². The Kier molecular flexibility index (Phi) is 3.84. The highest BCUT2D eigenvalue weighted by Gasteiger charge is 2.11. The molecular formula is C10H16N6O2S. The van der Waals surface area contributed by atoms with Gasteiger partial charge in [0.1, 0.15) is 5.82 Å².